The molecule has 182 valence electrons. The minimum atomic E-state index is -3.72. The standard InChI is InChI=1S/C24H30N4O5S/c1-15(2)10-18-19(12-21(25)29)23-24(33-14-22(30)27-34(4,31)32)26-16(3)13-28(23)20(18)11-17-8-6-5-7-9-17/h5-9,13,15H,10-12,14H2,1-4H3,(H2,25,29)(H,27,30). The summed E-state index contributed by atoms with van der Waals surface area (Å²) in [6, 6.07) is 9.97. The lowest BCUT2D eigenvalue weighted by molar-refractivity contribution is -0.121. The average Bonchev–Trinajstić information content (AvgIpc) is 2.97. The molecule has 0 spiro atoms. The van der Waals surface area contributed by atoms with E-state index in [1.165, 1.54) is 0 Å². The van der Waals surface area contributed by atoms with Gasteiger partial charge in [-0.05, 0) is 36.0 Å². The van der Waals surface area contributed by atoms with Crippen LogP contribution in [0.5, 0.6) is 5.88 Å². The Kier molecular flexibility index (Phi) is 7.61. The lowest BCUT2D eigenvalue weighted by Crippen LogP contribution is -2.33. The quantitative estimate of drug-likeness (QED) is 0.450. The Morgan fingerprint density at radius 1 is 1.18 bits per heavy atom. The smallest absolute Gasteiger partial charge is 0.271 e. The van der Waals surface area contributed by atoms with Gasteiger partial charge in [0.15, 0.2) is 6.61 Å². The van der Waals surface area contributed by atoms with Crippen LogP contribution in [0, 0.1) is 12.8 Å². The maximum absolute atomic E-state index is 12.1. The molecule has 0 radical (unpaired) electrons. The van der Waals surface area contributed by atoms with Gasteiger partial charge in [-0.2, -0.15) is 0 Å². The predicted molar refractivity (Wildman–Crippen MR) is 129 cm³/mol. The number of nitrogens with one attached hydrogen (secondary N) is 1. The second-order valence-electron chi connectivity index (χ2n) is 8.80. The molecule has 3 aromatic rings. The Morgan fingerprint density at radius 3 is 2.44 bits per heavy atom. The van der Waals surface area contributed by atoms with Gasteiger partial charge in [-0.3, -0.25) is 14.3 Å². The second-order valence-corrected chi connectivity index (χ2v) is 10.5. The van der Waals surface area contributed by atoms with E-state index >= 15 is 0 Å². The second kappa shape index (κ2) is 10.3. The highest BCUT2D eigenvalue weighted by Gasteiger charge is 2.25. The lowest BCUT2D eigenvalue weighted by atomic mass is 9.94. The van der Waals surface area contributed by atoms with E-state index in [1.807, 2.05) is 45.7 Å². The summed E-state index contributed by atoms with van der Waals surface area (Å²) in [5.74, 6) is -0.870. The fraction of sp³-hybridized carbons (Fsp3) is 0.375. The molecule has 34 heavy (non-hydrogen) atoms. The molecular formula is C24H30N4O5S. The molecule has 0 fully saturated rings. The van der Waals surface area contributed by atoms with Gasteiger partial charge in [-0.15, -0.1) is 0 Å². The van der Waals surface area contributed by atoms with Gasteiger partial charge in [-0.1, -0.05) is 44.2 Å². The summed E-state index contributed by atoms with van der Waals surface area (Å²) in [6.07, 6.45) is 4.06. The summed E-state index contributed by atoms with van der Waals surface area (Å²) < 4.78 is 32.2. The molecule has 2 amide bonds. The molecule has 0 aliphatic rings. The zero-order chi connectivity index (χ0) is 25.0. The van der Waals surface area contributed by atoms with Crippen LogP contribution in [0.15, 0.2) is 36.5 Å². The van der Waals surface area contributed by atoms with Crippen LogP contribution in [-0.2, 0) is 38.9 Å². The van der Waals surface area contributed by atoms with Gasteiger partial charge in [0.1, 0.15) is 5.52 Å². The molecule has 0 unspecified atom stereocenters. The number of primary amides is 1. The van der Waals surface area contributed by atoms with Gasteiger partial charge in [-0.25, -0.2) is 13.4 Å². The van der Waals surface area contributed by atoms with Crippen LogP contribution in [-0.4, -0.2) is 42.5 Å². The Hall–Kier alpha value is -3.40. The van der Waals surface area contributed by atoms with E-state index < -0.39 is 28.4 Å². The predicted octanol–water partition coefficient (Wildman–Crippen LogP) is 1.91. The summed E-state index contributed by atoms with van der Waals surface area (Å²) in [6.45, 7) is 5.44. The number of nitrogens with zero attached hydrogens (tertiary/aromatic N) is 2. The molecule has 3 rings (SSSR count). The molecule has 0 aliphatic heterocycles. The summed E-state index contributed by atoms with van der Waals surface area (Å²) in [5, 5.41) is 0. The topological polar surface area (TPSA) is 133 Å². The van der Waals surface area contributed by atoms with E-state index in [4.69, 9.17) is 10.5 Å². The number of carbonyl (C=O) groups is 2. The Morgan fingerprint density at radius 2 is 1.85 bits per heavy atom. The highest BCUT2D eigenvalue weighted by Crippen LogP contribution is 2.33. The van der Waals surface area contributed by atoms with Crippen molar-refractivity contribution in [3.8, 4) is 5.88 Å². The van der Waals surface area contributed by atoms with Crippen molar-refractivity contribution in [3.63, 3.8) is 0 Å². The Balaban J connectivity index is 2.19. The summed E-state index contributed by atoms with van der Waals surface area (Å²) in [5.41, 5.74) is 10.6. The van der Waals surface area contributed by atoms with Crippen molar-refractivity contribution in [3.05, 3.63) is 64.6 Å². The maximum Gasteiger partial charge on any atom is 0.271 e. The van der Waals surface area contributed by atoms with Crippen LogP contribution in [0.4, 0.5) is 0 Å². The normalized spacial score (nSPS) is 11.7. The molecule has 2 heterocycles. The fourth-order valence-corrected chi connectivity index (χ4v) is 4.48. The highest BCUT2D eigenvalue weighted by molar-refractivity contribution is 7.89. The van der Waals surface area contributed by atoms with Gasteiger partial charge in [0, 0.05) is 18.3 Å². The maximum atomic E-state index is 12.1. The van der Waals surface area contributed by atoms with E-state index in [2.05, 4.69) is 18.8 Å². The first kappa shape index (κ1) is 25.2. The van der Waals surface area contributed by atoms with Crippen molar-refractivity contribution in [2.24, 2.45) is 11.7 Å². The third kappa shape index (κ3) is 6.34. The number of amides is 2. The molecule has 2 aromatic heterocycles. The van der Waals surface area contributed by atoms with Gasteiger partial charge >= 0.3 is 0 Å². The van der Waals surface area contributed by atoms with E-state index in [-0.39, 0.29) is 12.3 Å². The minimum Gasteiger partial charge on any atom is -0.466 e. The molecule has 0 saturated carbocycles. The summed E-state index contributed by atoms with van der Waals surface area (Å²) >= 11 is 0. The third-order valence-electron chi connectivity index (χ3n) is 5.14. The largest absolute Gasteiger partial charge is 0.466 e. The summed E-state index contributed by atoms with van der Waals surface area (Å²) in [4.78, 5) is 28.5. The van der Waals surface area contributed by atoms with Crippen molar-refractivity contribution in [2.75, 3.05) is 12.9 Å². The van der Waals surface area contributed by atoms with Gasteiger partial charge in [0.05, 0.1) is 18.4 Å². The minimum absolute atomic E-state index is 0.0169. The van der Waals surface area contributed by atoms with E-state index in [0.717, 1.165) is 23.1 Å². The Labute approximate surface area is 199 Å². The highest BCUT2D eigenvalue weighted by atomic mass is 32.2. The van der Waals surface area contributed by atoms with Crippen LogP contribution in [0.2, 0.25) is 0 Å². The Bertz CT molecular complexity index is 1310. The first-order chi connectivity index (χ1) is 15.9. The average molecular weight is 487 g/mol. The number of benzene rings is 1. The molecule has 0 saturated heterocycles. The third-order valence-corrected chi connectivity index (χ3v) is 5.74. The van der Waals surface area contributed by atoms with E-state index in [9.17, 15) is 18.0 Å². The number of nitrogens with two attached hydrogens (primary N) is 1. The van der Waals surface area contributed by atoms with E-state index in [1.54, 1.807) is 6.92 Å². The van der Waals surface area contributed by atoms with E-state index in [0.29, 0.717) is 35.5 Å². The zero-order valence-corrected chi connectivity index (χ0v) is 20.6. The molecule has 0 aliphatic carbocycles. The number of fused-ring (bicyclic) bond motifs is 1. The zero-order valence-electron chi connectivity index (χ0n) is 19.8. The molecule has 9 nitrogen and oxygen atoms in total. The van der Waals surface area contributed by atoms with Crippen LogP contribution < -0.4 is 15.2 Å². The van der Waals surface area contributed by atoms with Crippen LogP contribution in [0.3, 0.4) is 0 Å². The number of hydrogen-bond donors (Lipinski definition) is 2. The SMILES string of the molecule is Cc1cn2c(Cc3ccccc3)c(CC(C)C)c(CC(N)=O)c2c(OCC(=O)NS(C)(=O)=O)n1. The number of hydrogen-bond acceptors (Lipinski definition) is 6. The number of aryl methyl sites for hydroxylation is 1. The van der Waals surface area contributed by atoms with Crippen LogP contribution >= 0.6 is 0 Å². The van der Waals surface area contributed by atoms with Crippen molar-refractivity contribution in [2.45, 2.75) is 40.0 Å². The van der Waals surface area contributed by atoms with Crippen molar-refractivity contribution in [1.29, 1.82) is 0 Å². The van der Waals surface area contributed by atoms with Gasteiger partial charge in [0.2, 0.25) is 21.8 Å². The number of sulfonamides is 1. The van der Waals surface area contributed by atoms with Crippen LogP contribution in [0.25, 0.3) is 5.52 Å². The van der Waals surface area contributed by atoms with Crippen molar-refractivity contribution < 1.29 is 22.7 Å². The first-order valence-corrected chi connectivity index (χ1v) is 12.8. The van der Waals surface area contributed by atoms with Gasteiger partial charge < -0.3 is 14.9 Å². The molecular weight excluding hydrogens is 456 g/mol. The van der Waals surface area contributed by atoms with Crippen molar-refractivity contribution >= 4 is 27.4 Å². The molecule has 1 aromatic carbocycles. The number of carbonyl (C=O) groups excluding carboxylic acids is 2. The fourth-order valence-electron chi connectivity index (χ4n) is 4.01. The first-order valence-electron chi connectivity index (χ1n) is 10.9. The molecule has 10 heteroatoms. The lowest BCUT2D eigenvalue weighted by Gasteiger charge is -2.11. The monoisotopic (exact) mass is 486 g/mol. The molecule has 0 bridgehead atoms. The molecule has 0 atom stereocenters. The van der Waals surface area contributed by atoms with Gasteiger partial charge in [0.25, 0.3) is 5.91 Å². The number of aromatic nitrogens is 2. The molecule has 3 N–H and O–H groups in total. The summed E-state index contributed by atoms with van der Waals surface area (Å²) in [7, 11) is -3.72. The van der Waals surface area contributed by atoms with Crippen molar-refractivity contribution in [1.82, 2.24) is 14.1 Å². The number of ether oxygens (including phenoxy) is 1. The number of rotatable bonds is 10. The van der Waals surface area contributed by atoms with Crippen LogP contribution in [0.1, 0.15) is 41.9 Å².